The number of alkyl halides is 5. The molecule has 0 aliphatic rings. The van der Waals surface area contributed by atoms with Gasteiger partial charge in [0.15, 0.2) is 0 Å². The second kappa shape index (κ2) is 5.88. The van der Waals surface area contributed by atoms with E-state index in [0.29, 0.717) is 0 Å². The fourth-order valence-corrected chi connectivity index (χ4v) is 1.29. The van der Waals surface area contributed by atoms with Crippen LogP contribution in [0.1, 0.15) is 24.8 Å². The summed E-state index contributed by atoms with van der Waals surface area (Å²) in [6, 6.07) is 3.40. The molecule has 0 heterocycles. The molecular formula is C11H12F5NO. The van der Waals surface area contributed by atoms with Gasteiger partial charge in [-0.15, -0.1) is 0 Å². The largest absolute Gasteiger partial charge is 0.491 e. The van der Waals surface area contributed by atoms with Gasteiger partial charge < -0.3 is 10.5 Å². The van der Waals surface area contributed by atoms with Crippen molar-refractivity contribution in [1.82, 2.24) is 0 Å². The number of nitrogen functional groups attached to an aromatic ring is 1. The highest BCUT2D eigenvalue weighted by atomic mass is 19.4. The Morgan fingerprint density at radius 1 is 1.22 bits per heavy atom. The molecule has 1 aromatic carbocycles. The zero-order valence-corrected chi connectivity index (χ0v) is 9.31. The minimum atomic E-state index is -4.23. The predicted molar refractivity (Wildman–Crippen MR) is 56.6 cm³/mol. The first-order valence-electron chi connectivity index (χ1n) is 5.17. The van der Waals surface area contributed by atoms with Gasteiger partial charge in [0.1, 0.15) is 5.75 Å². The van der Waals surface area contributed by atoms with Crippen LogP contribution in [0.5, 0.6) is 5.75 Å². The summed E-state index contributed by atoms with van der Waals surface area (Å²) in [5.74, 6) is 0.113. The summed E-state index contributed by atoms with van der Waals surface area (Å²) < 4.78 is 65.1. The van der Waals surface area contributed by atoms with Gasteiger partial charge in [0, 0.05) is 12.0 Å². The Morgan fingerprint density at radius 3 is 2.39 bits per heavy atom. The van der Waals surface area contributed by atoms with Gasteiger partial charge in [0.25, 0.3) is 6.43 Å². The third-order valence-corrected chi connectivity index (χ3v) is 2.15. The lowest BCUT2D eigenvalue weighted by atomic mass is 10.2. The number of hydrogen-bond donors (Lipinski definition) is 1. The molecule has 0 aliphatic heterocycles. The number of anilines is 1. The second-order valence-electron chi connectivity index (χ2n) is 3.67. The number of ether oxygens (including phenoxy) is 1. The van der Waals surface area contributed by atoms with Crippen LogP contribution in [-0.4, -0.2) is 12.8 Å². The van der Waals surface area contributed by atoms with Crippen molar-refractivity contribution in [3.63, 3.8) is 0 Å². The van der Waals surface area contributed by atoms with Crippen molar-refractivity contribution in [2.24, 2.45) is 0 Å². The summed E-state index contributed by atoms with van der Waals surface area (Å²) in [4.78, 5) is 0. The summed E-state index contributed by atoms with van der Waals surface area (Å²) in [5.41, 5.74) is 5.18. The quantitative estimate of drug-likeness (QED) is 0.499. The molecule has 18 heavy (non-hydrogen) atoms. The Bertz CT molecular complexity index is 392. The molecular weight excluding hydrogens is 257 g/mol. The van der Waals surface area contributed by atoms with Crippen LogP contribution in [0, 0.1) is 0 Å². The Balaban J connectivity index is 2.48. The van der Waals surface area contributed by atoms with Gasteiger partial charge in [-0.05, 0) is 24.6 Å². The molecule has 0 fully saturated rings. The molecule has 0 spiro atoms. The molecule has 0 bridgehead atoms. The minimum Gasteiger partial charge on any atom is -0.491 e. The number of rotatable bonds is 5. The molecule has 0 aliphatic carbocycles. The van der Waals surface area contributed by atoms with Crippen LogP contribution in [0.3, 0.4) is 0 Å². The Labute approximate surface area is 101 Å². The predicted octanol–water partition coefficient (Wildman–Crippen LogP) is 3.93. The van der Waals surface area contributed by atoms with Crippen LogP contribution >= 0.6 is 0 Å². The van der Waals surface area contributed by atoms with Crippen molar-refractivity contribution in [3.8, 4) is 5.75 Å². The molecule has 0 saturated heterocycles. The van der Waals surface area contributed by atoms with Crippen LogP contribution < -0.4 is 10.5 Å². The fourth-order valence-electron chi connectivity index (χ4n) is 1.29. The Morgan fingerprint density at radius 2 is 1.89 bits per heavy atom. The molecule has 1 rings (SSSR count). The van der Waals surface area contributed by atoms with Gasteiger partial charge in [0.2, 0.25) is 0 Å². The van der Waals surface area contributed by atoms with E-state index in [1.165, 1.54) is 6.07 Å². The number of halogens is 5. The average molecular weight is 269 g/mol. The summed E-state index contributed by atoms with van der Waals surface area (Å²) >= 11 is 0. The first kappa shape index (κ1) is 14.5. The van der Waals surface area contributed by atoms with Gasteiger partial charge in [-0.2, -0.15) is 13.2 Å². The lowest BCUT2D eigenvalue weighted by Gasteiger charge is -2.11. The number of hydrogen-bond acceptors (Lipinski definition) is 2. The maximum atomic E-state index is 12.3. The second-order valence-corrected chi connectivity index (χ2v) is 3.67. The lowest BCUT2D eigenvalue weighted by Crippen LogP contribution is -2.10. The van der Waals surface area contributed by atoms with Crippen LogP contribution in [0.4, 0.5) is 27.6 Å². The van der Waals surface area contributed by atoms with Crippen LogP contribution in [0.25, 0.3) is 0 Å². The van der Waals surface area contributed by atoms with Crippen LogP contribution in [-0.2, 0) is 0 Å². The van der Waals surface area contributed by atoms with Gasteiger partial charge in [0.05, 0.1) is 12.3 Å². The zero-order chi connectivity index (χ0) is 13.8. The third-order valence-electron chi connectivity index (χ3n) is 2.15. The van der Waals surface area contributed by atoms with E-state index in [2.05, 4.69) is 0 Å². The van der Waals surface area contributed by atoms with Crippen molar-refractivity contribution >= 4 is 5.69 Å². The maximum absolute atomic E-state index is 12.3. The summed E-state index contributed by atoms with van der Waals surface area (Å²) in [5, 5.41) is 0. The van der Waals surface area contributed by atoms with E-state index < -0.39 is 19.0 Å². The lowest BCUT2D eigenvalue weighted by molar-refractivity contribution is -0.136. The highest BCUT2D eigenvalue weighted by molar-refractivity contribution is 5.54. The summed E-state index contributed by atoms with van der Waals surface area (Å²) in [6.45, 7) is -0.169. The van der Waals surface area contributed by atoms with E-state index >= 15 is 0 Å². The van der Waals surface area contributed by atoms with E-state index in [1.807, 2.05) is 0 Å². The molecule has 1 aromatic rings. The van der Waals surface area contributed by atoms with E-state index in [9.17, 15) is 22.0 Å². The zero-order valence-electron chi connectivity index (χ0n) is 9.31. The number of nitrogens with two attached hydrogens (primary N) is 1. The van der Waals surface area contributed by atoms with Crippen molar-refractivity contribution in [3.05, 3.63) is 23.8 Å². The van der Waals surface area contributed by atoms with Crippen molar-refractivity contribution < 1.29 is 26.7 Å². The molecule has 2 N–H and O–H groups in total. The van der Waals surface area contributed by atoms with Gasteiger partial charge in [-0.3, -0.25) is 0 Å². The number of benzene rings is 1. The monoisotopic (exact) mass is 269 g/mol. The first-order chi connectivity index (χ1) is 8.29. The van der Waals surface area contributed by atoms with Gasteiger partial charge in [-0.25, -0.2) is 8.78 Å². The summed E-state index contributed by atoms with van der Waals surface area (Å²) in [7, 11) is 0. The van der Waals surface area contributed by atoms with E-state index in [4.69, 9.17) is 10.5 Å². The van der Waals surface area contributed by atoms with Gasteiger partial charge in [-0.1, -0.05) is 0 Å². The fraction of sp³-hybridized carbons (Fsp3) is 0.455. The smallest absolute Gasteiger partial charge is 0.389 e. The van der Waals surface area contributed by atoms with E-state index in [-0.39, 0.29) is 30.0 Å². The Hall–Kier alpha value is -1.53. The molecule has 0 amide bonds. The van der Waals surface area contributed by atoms with Crippen molar-refractivity contribution in [2.45, 2.75) is 25.4 Å². The highest BCUT2D eigenvalue weighted by Crippen LogP contribution is 2.28. The Kier molecular flexibility index (Phi) is 4.75. The third kappa shape index (κ3) is 4.77. The van der Waals surface area contributed by atoms with E-state index in [0.717, 1.165) is 12.1 Å². The molecule has 2 nitrogen and oxygen atoms in total. The maximum Gasteiger partial charge on any atom is 0.389 e. The van der Waals surface area contributed by atoms with Gasteiger partial charge >= 0.3 is 6.18 Å². The molecule has 0 radical (unpaired) electrons. The highest BCUT2D eigenvalue weighted by Gasteiger charge is 2.26. The molecule has 7 heteroatoms. The molecule has 0 atom stereocenters. The van der Waals surface area contributed by atoms with Crippen LogP contribution in [0.2, 0.25) is 0 Å². The van der Waals surface area contributed by atoms with E-state index in [1.54, 1.807) is 0 Å². The first-order valence-corrected chi connectivity index (χ1v) is 5.17. The molecule has 0 unspecified atom stereocenters. The SMILES string of the molecule is Nc1cc(C(F)F)ccc1OCCCC(F)(F)F. The average Bonchev–Trinajstić information content (AvgIpc) is 2.24. The summed E-state index contributed by atoms with van der Waals surface area (Å²) in [6.07, 6.45) is -8.04. The molecule has 0 saturated carbocycles. The molecule has 102 valence electrons. The minimum absolute atomic E-state index is 0.0141. The standard InChI is InChI=1S/C11H12F5NO/c12-10(13)7-2-3-9(8(17)6-7)18-5-1-4-11(14,15)16/h2-3,6,10H,1,4-5,17H2. The normalized spacial score (nSPS) is 11.9. The van der Waals surface area contributed by atoms with Crippen LogP contribution in [0.15, 0.2) is 18.2 Å². The topological polar surface area (TPSA) is 35.2 Å². The molecule has 0 aromatic heterocycles. The van der Waals surface area contributed by atoms with Crippen molar-refractivity contribution in [1.29, 1.82) is 0 Å². The van der Waals surface area contributed by atoms with Crippen molar-refractivity contribution in [2.75, 3.05) is 12.3 Å².